The van der Waals surface area contributed by atoms with Crippen molar-refractivity contribution in [2.24, 2.45) is 0 Å². The molecule has 0 radical (unpaired) electrons. The summed E-state index contributed by atoms with van der Waals surface area (Å²) >= 11 is 1.20. The fourth-order valence-corrected chi connectivity index (χ4v) is 3.40. The van der Waals surface area contributed by atoms with Crippen molar-refractivity contribution in [2.45, 2.75) is 12.1 Å². The highest BCUT2D eigenvalue weighted by atomic mass is 32.1. The van der Waals surface area contributed by atoms with Gasteiger partial charge in [-0.05, 0) is 24.2 Å². The first-order valence-electron chi connectivity index (χ1n) is 7.66. The second kappa shape index (κ2) is 6.87. The van der Waals surface area contributed by atoms with Gasteiger partial charge >= 0.3 is 0 Å². The zero-order valence-electron chi connectivity index (χ0n) is 13.5. The molecule has 1 unspecified atom stereocenters. The Labute approximate surface area is 148 Å². The zero-order valence-corrected chi connectivity index (χ0v) is 14.3. The SMILES string of the molecule is CNC(=O)c1cccc(-c2cnc(NC(=O)C3(F)CCN([NH-])C3)s2)c1. The molecule has 2 heterocycles. The summed E-state index contributed by atoms with van der Waals surface area (Å²) in [5.74, 6) is 6.45. The van der Waals surface area contributed by atoms with Gasteiger partial charge in [0.15, 0.2) is 5.13 Å². The van der Waals surface area contributed by atoms with E-state index >= 15 is 0 Å². The average molecular weight is 362 g/mol. The number of aromatic nitrogens is 1. The van der Waals surface area contributed by atoms with Crippen LogP contribution in [0.25, 0.3) is 16.3 Å². The molecular weight excluding hydrogens is 345 g/mol. The van der Waals surface area contributed by atoms with E-state index in [1.807, 2.05) is 6.07 Å². The first-order chi connectivity index (χ1) is 11.9. The highest BCUT2D eigenvalue weighted by molar-refractivity contribution is 7.19. The van der Waals surface area contributed by atoms with E-state index in [1.165, 1.54) is 11.3 Å². The maximum atomic E-state index is 14.5. The predicted octanol–water partition coefficient (Wildman–Crippen LogP) is 2.49. The molecule has 1 aliphatic heterocycles. The monoisotopic (exact) mass is 362 g/mol. The Morgan fingerprint density at radius 2 is 2.24 bits per heavy atom. The Balaban J connectivity index is 1.75. The van der Waals surface area contributed by atoms with Crippen molar-refractivity contribution in [3.63, 3.8) is 0 Å². The molecule has 1 fully saturated rings. The molecule has 0 spiro atoms. The van der Waals surface area contributed by atoms with Crippen LogP contribution in [0.3, 0.4) is 0 Å². The first kappa shape index (κ1) is 17.5. The number of hydrogen-bond donors (Lipinski definition) is 2. The van der Waals surface area contributed by atoms with Crippen LogP contribution in [0, 0.1) is 0 Å². The minimum absolute atomic E-state index is 0.00522. The van der Waals surface area contributed by atoms with E-state index in [0.29, 0.717) is 5.56 Å². The topological polar surface area (TPSA) is 98.1 Å². The molecule has 1 aliphatic rings. The fourth-order valence-electron chi connectivity index (χ4n) is 2.59. The van der Waals surface area contributed by atoms with Crippen LogP contribution in [-0.2, 0) is 4.79 Å². The van der Waals surface area contributed by atoms with Gasteiger partial charge in [0.25, 0.3) is 11.8 Å². The van der Waals surface area contributed by atoms with E-state index in [1.54, 1.807) is 31.4 Å². The molecule has 7 nitrogen and oxygen atoms in total. The summed E-state index contributed by atoms with van der Waals surface area (Å²) in [5, 5.41) is 6.37. The van der Waals surface area contributed by atoms with E-state index in [-0.39, 0.29) is 30.5 Å². The minimum Gasteiger partial charge on any atom is -0.610 e. The fraction of sp³-hybridized carbons (Fsp3) is 0.312. The second-order valence-electron chi connectivity index (χ2n) is 5.78. The molecule has 1 atom stereocenters. The van der Waals surface area contributed by atoms with Gasteiger partial charge in [-0.15, -0.1) is 0 Å². The van der Waals surface area contributed by atoms with Gasteiger partial charge in [0, 0.05) is 31.8 Å². The van der Waals surface area contributed by atoms with Crippen LogP contribution in [0.15, 0.2) is 30.5 Å². The van der Waals surface area contributed by atoms with Gasteiger partial charge in [-0.2, -0.15) is 0 Å². The molecule has 3 rings (SSSR count). The second-order valence-corrected chi connectivity index (χ2v) is 6.81. The first-order valence-corrected chi connectivity index (χ1v) is 8.48. The number of amides is 2. The maximum absolute atomic E-state index is 14.5. The minimum atomic E-state index is -2.06. The number of anilines is 1. The quantitative estimate of drug-likeness (QED) is 0.873. The third-order valence-corrected chi connectivity index (χ3v) is 4.95. The highest BCUT2D eigenvalue weighted by Crippen LogP contribution is 2.32. The number of carbonyl (C=O) groups excluding carboxylic acids is 2. The van der Waals surface area contributed by atoms with Crippen molar-refractivity contribution in [3.05, 3.63) is 41.9 Å². The van der Waals surface area contributed by atoms with Crippen molar-refractivity contribution in [3.8, 4) is 10.4 Å². The molecule has 9 heteroatoms. The smallest absolute Gasteiger partial charge is 0.265 e. The summed E-state index contributed by atoms with van der Waals surface area (Å²) in [5.41, 5.74) is -0.761. The molecule has 1 saturated heterocycles. The molecule has 132 valence electrons. The lowest BCUT2D eigenvalue weighted by Crippen LogP contribution is -2.40. The average Bonchev–Trinajstić information content (AvgIpc) is 3.21. The molecule has 1 aromatic heterocycles. The summed E-state index contributed by atoms with van der Waals surface area (Å²) in [7, 11) is 1.56. The lowest BCUT2D eigenvalue weighted by Gasteiger charge is -2.21. The molecular formula is C16H17FN5O2S-. The number of nitrogens with one attached hydrogen (secondary N) is 3. The van der Waals surface area contributed by atoms with Crippen LogP contribution in [0.1, 0.15) is 16.8 Å². The molecule has 2 aromatic rings. The van der Waals surface area contributed by atoms with E-state index in [0.717, 1.165) is 15.4 Å². The normalized spacial score (nSPS) is 20.4. The molecule has 25 heavy (non-hydrogen) atoms. The van der Waals surface area contributed by atoms with Crippen molar-refractivity contribution >= 4 is 28.3 Å². The number of nitrogens with zero attached hydrogens (tertiary/aromatic N) is 2. The van der Waals surface area contributed by atoms with Gasteiger partial charge in [0.2, 0.25) is 5.67 Å². The lowest BCUT2D eigenvalue weighted by molar-refractivity contribution is -0.126. The van der Waals surface area contributed by atoms with Crippen molar-refractivity contribution in [1.82, 2.24) is 15.3 Å². The molecule has 3 N–H and O–H groups in total. The number of rotatable bonds is 4. The Kier molecular flexibility index (Phi) is 4.80. The van der Waals surface area contributed by atoms with Gasteiger partial charge in [0.05, 0.1) is 4.88 Å². The molecule has 2 amide bonds. The van der Waals surface area contributed by atoms with Crippen molar-refractivity contribution < 1.29 is 14.0 Å². The van der Waals surface area contributed by atoms with Crippen LogP contribution in [0.5, 0.6) is 0 Å². The molecule has 1 aromatic carbocycles. The summed E-state index contributed by atoms with van der Waals surface area (Å²) in [6.07, 6.45) is 1.56. The maximum Gasteiger partial charge on any atom is 0.265 e. The number of hydrogen-bond acceptors (Lipinski definition) is 5. The lowest BCUT2D eigenvalue weighted by atomic mass is 10.1. The summed E-state index contributed by atoms with van der Waals surface area (Å²) in [6, 6.07) is 7.02. The van der Waals surface area contributed by atoms with Crippen LogP contribution in [0.4, 0.5) is 9.52 Å². The van der Waals surface area contributed by atoms with Crippen LogP contribution in [-0.4, -0.2) is 47.6 Å². The van der Waals surface area contributed by atoms with E-state index in [4.69, 9.17) is 5.84 Å². The van der Waals surface area contributed by atoms with Gasteiger partial charge in [-0.25, -0.2) is 9.37 Å². The number of halogens is 1. The van der Waals surface area contributed by atoms with Gasteiger partial charge < -0.3 is 16.2 Å². The standard InChI is InChI=1S/C16H17FN5O2S/c1-19-13(23)11-4-2-3-10(7-11)12-8-20-15(25-12)21-14(24)16(17)5-6-22(18)9-16/h2-4,7-8,18H,5-6,9H2,1H3,(H,19,23)(H,20,21,24)/q-1. The zero-order chi connectivity index (χ0) is 18.0. The Morgan fingerprint density at radius 1 is 1.44 bits per heavy atom. The summed E-state index contributed by atoms with van der Waals surface area (Å²) in [4.78, 5) is 28.7. The largest absolute Gasteiger partial charge is 0.610 e. The van der Waals surface area contributed by atoms with Gasteiger partial charge in [0.1, 0.15) is 0 Å². The van der Waals surface area contributed by atoms with Crippen LogP contribution >= 0.6 is 11.3 Å². The number of alkyl halides is 1. The predicted molar refractivity (Wildman–Crippen MR) is 93.9 cm³/mol. The highest BCUT2D eigenvalue weighted by Gasteiger charge is 2.42. The molecule has 0 aliphatic carbocycles. The van der Waals surface area contributed by atoms with E-state index in [2.05, 4.69) is 15.6 Å². The van der Waals surface area contributed by atoms with E-state index < -0.39 is 11.6 Å². The van der Waals surface area contributed by atoms with Gasteiger partial charge in [-0.1, -0.05) is 23.5 Å². The van der Waals surface area contributed by atoms with E-state index in [9.17, 15) is 14.0 Å². The van der Waals surface area contributed by atoms with Crippen LogP contribution in [0.2, 0.25) is 0 Å². The third kappa shape index (κ3) is 3.68. The van der Waals surface area contributed by atoms with Crippen molar-refractivity contribution in [1.29, 1.82) is 0 Å². The molecule has 0 bridgehead atoms. The summed E-state index contributed by atoms with van der Waals surface area (Å²) < 4.78 is 14.5. The number of benzene rings is 1. The van der Waals surface area contributed by atoms with Crippen molar-refractivity contribution in [2.75, 3.05) is 25.5 Å². The Morgan fingerprint density at radius 3 is 2.92 bits per heavy atom. The van der Waals surface area contributed by atoms with Crippen LogP contribution < -0.4 is 10.6 Å². The van der Waals surface area contributed by atoms with Gasteiger partial charge in [-0.3, -0.25) is 14.9 Å². The Hall–Kier alpha value is -2.36. The third-order valence-electron chi connectivity index (χ3n) is 3.99. The Bertz CT molecular complexity index is 811. The number of thiazole rings is 1. The number of carbonyl (C=O) groups is 2. The molecule has 0 saturated carbocycles. The summed E-state index contributed by atoms with van der Waals surface area (Å²) in [6.45, 7) is -0.0232.